The van der Waals surface area contributed by atoms with Crippen molar-refractivity contribution in [3.63, 3.8) is 0 Å². The predicted molar refractivity (Wildman–Crippen MR) is 102 cm³/mol. The summed E-state index contributed by atoms with van der Waals surface area (Å²) < 4.78 is 3.08. The van der Waals surface area contributed by atoms with Crippen molar-refractivity contribution in [2.24, 2.45) is 0 Å². The van der Waals surface area contributed by atoms with Crippen LogP contribution in [0.3, 0.4) is 0 Å². The molecule has 2 heterocycles. The highest BCUT2D eigenvalue weighted by molar-refractivity contribution is 9.10. The molecule has 0 fully saturated rings. The number of halogens is 1. The number of nitrogens with zero attached hydrogens (tertiary/aromatic N) is 3. The van der Waals surface area contributed by atoms with Crippen LogP contribution in [-0.4, -0.2) is 14.8 Å². The third-order valence-corrected chi connectivity index (χ3v) is 4.95. The van der Waals surface area contributed by atoms with Crippen molar-refractivity contribution in [2.75, 3.05) is 0 Å². The maximum absolute atomic E-state index is 4.60. The smallest absolute Gasteiger partial charge is 0.157 e. The average molecular weight is 387 g/mol. The van der Waals surface area contributed by atoms with Gasteiger partial charge in [0.05, 0.1) is 6.20 Å². The molecule has 5 heteroatoms. The predicted octanol–water partition coefficient (Wildman–Crippen LogP) is 4.80. The summed E-state index contributed by atoms with van der Waals surface area (Å²) in [4.78, 5) is 4.60. The molecule has 3 rings (SSSR count). The van der Waals surface area contributed by atoms with Gasteiger partial charge in [-0.2, -0.15) is 5.10 Å². The van der Waals surface area contributed by atoms with Gasteiger partial charge in [-0.1, -0.05) is 34.1 Å². The molecule has 0 amide bonds. The Kier molecular flexibility index (Phi) is 4.74. The van der Waals surface area contributed by atoms with E-state index >= 15 is 0 Å². The monoisotopic (exact) mass is 386 g/mol. The molecule has 0 saturated heterocycles. The Balaban J connectivity index is 1.79. The second-order valence-corrected chi connectivity index (χ2v) is 7.75. The molecule has 2 aromatic heterocycles. The quantitative estimate of drug-likeness (QED) is 0.684. The molecule has 0 bridgehead atoms. The topological polar surface area (TPSA) is 42.7 Å². The van der Waals surface area contributed by atoms with Crippen LogP contribution in [0.5, 0.6) is 0 Å². The van der Waals surface area contributed by atoms with E-state index in [2.05, 4.69) is 83.3 Å². The van der Waals surface area contributed by atoms with E-state index in [1.54, 1.807) is 0 Å². The molecule has 1 N–H and O–H groups in total. The Morgan fingerprint density at radius 2 is 1.96 bits per heavy atom. The molecule has 24 heavy (non-hydrogen) atoms. The fourth-order valence-corrected chi connectivity index (χ4v) is 3.63. The lowest BCUT2D eigenvalue weighted by Crippen LogP contribution is -2.36. The van der Waals surface area contributed by atoms with E-state index in [0.717, 1.165) is 27.6 Å². The van der Waals surface area contributed by atoms with Crippen LogP contribution in [0.1, 0.15) is 44.9 Å². The minimum absolute atomic E-state index is 0.142. The van der Waals surface area contributed by atoms with Gasteiger partial charge in [0.1, 0.15) is 0 Å². The number of rotatable bonds is 5. The minimum Gasteiger partial charge on any atom is -0.304 e. The lowest BCUT2D eigenvalue weighted by Gasteiger charge is -2.28. The number of nitrogens with one attached hydrogen (secondary N) is 1. The molecular formula is C19H23BrN4. The standard InChI is InChI=1S/C19H23BrN4/c1-13(2)24-18-15(12-23-24)9-14(10-21-18)11-22-19(3,4)16-7-5-6-8-17(16)20/h5-10,12-13,22H,11H2,1-4H3. The molecule has 1 aromatic carbocycles. The molecule has 3 aromatic rings. The van der Waals surface area contributed by atoms with Crippen LogP contribution in [-0.2, 0) is 12.1 Å². The molecule has 0 aliphatic heterocycles. The zero-order valence-corrected chi connectivity index (χ0v) is 16.1. The van der Waals surface area contributed by atoms with E-state index in [9.17, 15) is 0 Å². The summed E-state index contributed by atoms with van der Waals surface area (Å²) in [6.07, 6.45) is 3.83. The fraction of sp³-hybridized carbons (Fsp3) is 0.368. The van der Waals surface area contributed by atoms with Crippen molar-refractivity contribution in [3.8, 4) is 0 Å². The first-order chi connectivity index (χ1) is 11.4. The number of hydrogen-bond donors (Lipinski definition) is 1. The van der Waals surface area contributed by atoms with Gasteiger partial charge >= 0.3 is 0 Å². The van der Waals surface area contributed by atoms with Crippen LogP contribution in [0.25, 0.3) is 11.0 Å². The zero-order chi connectivity index (χ0) is 17.3. The van der Waals surface area contributed by atoms with Gasteiger partial charge in [0.15, 0.2) is 5.65 Å². The molecule has 0 aliphatic carbocycles. The van der Waals surface area contributed by atoms with Gasteiger partial charge in [0.25, 0.3) is 0 Å². The molecule has 0 unspecified atom stereocenters. The normalized spacial score (nSPS) is 12.2. The van der Waals surface area contributed by atoms with Crippen molar-refractivity contribution >= 4 is 27.0 Å². The Labute approximate surface area is 151 Å². The second kappa shape index (κ2) is 6.65. The molecule has 0 radical (unpaired) electrons. The number of fused-ring (bicyclic) bond motifs is 1. The van der Waals surface area contributed by atoms with Crippen LogP contribution in [0.2, 0.25) is 0 Å². The van der Waals surface area contributed by atoms with Crippen molar-refractivity contribution < 1.29 is 0 Å². The molecule has 126 valence electrons. The van der Waals surface area contributed by atoms with E-state index in [1.807, 2.05) is 23.1 Å². The highest BCUT2D eigenvalue weighted by atomic mass is 79.9. The molecule has 4 nitrogen and oxygen atoms in total. The van der Waals surface area contributed by atoms with Crippen LogP contribution >= 0.6 is 15.9 Å². The van der Waals surface area contributed by atoms with E-state index in [1.165, 1.54) is 5.56 Å². The molecule has 0 saturated carbocycles. The maximum Gasteiger partial charge on any atom is 0.157 e. The van der Waals surface area contributed by atoms with E-state index < -0.39 is 0 Å². The first-order valence-corrected chi connectivity index (χ1v) is 9.00. The van der Waals surface area contributed by atoms with E-state index in [0.29, 0.717) is 6.04 Å². The molecule has 0 atom stereocenters. The van der Waals surface area contributed by atoms with Gasteiger partial charge in [0, 0.05) is 34.2 Å². The Bertz CT molecular complexity index is 851. The number of hydrogen-bond acceptors (Lipinski definition) is 3. The third kappa shape index (κ3) is 3.37. The van der Waals surface area contributed by atoms with Crippen molar-refractivity contribution in [1.29, 1.82) is 0 Å². The summed E-state index contributed by atoms with van der Waals surface area (Å²) in [5.74, 6) is 0. The zero-order valence-electron chi connectivity index (χ0n) is 14.5. The number of aromatic nitrogens is 3. The SMILES string of the molecule is CC(C)n1ncc2cc(CNC(C)(C)c3ccccc3Br)cnc21. The largest absolute Gasteiger partial charge is 0.304 e. The molecular weight excluding hydrogens is 364 g/mol. The van der Waals surface area contributed by atoms with Crippen molar-refractivity contribution in [2.45, 2.75) is 45.8 Å². The van der Waals surface area contributed by atoms with Crippen molar-refractivity contribution in [3.05, 3.63) is 58.3 Å². The summed E-state index contributed by atoms with van der Waals surface area (Å²) in [7, 11) is 0. The highest BCUT2D eigenvalue weighted by Crippen LogP contribution is 2.28. The van der Waals surface area contributed by atoms with Gasteiger partial charge in [-0.15, -0.1) is 0 Å². The first-order valence-electron chi connectivity index (χ1n) is 8.20. The fourth-order valence-electron chi connectivity index (χ4n) is 2.85. The van der Waals surface area contributed by atoms with Crippen LogP contribution in [0, 0.1) is 0 Å². The summed E-state index contributed by atoms with van der Waals surface area (Å²) in [5, 5.41) is 9.15. The summed E-state index contributed by atoms with van der Waals surface area (Å²) >= 11 is 3.64. The lowest BCUT2D eigenvalue weighted by molar-refractivity contribution is 0.399. The van der Waals surface area contributed by atoms with Crippen LogP contribution in [0.4, 0.5) is 0 Å². The van der Waals surface area contributed by atoms with Gasteiger partial charge < -0.3 is 5.32 Å². The molecule has 0 aliphatic rings. The van der Waals surface area contributed by atoms with Gasteiger partial charge in [-0.3, -0.25) is 0 Å². The lowest BCUT2D eigenvalue weighted by atomic mass is 9.94. The summed E-state index contributed by atoms with van der Waals surface area (Å²) in [5.41, 5.74) is 3.20. The third-order valence-electron chi connectivity index (χ3n) is 4.26. The highest BCUT2D eigenvalue weighted by Gasteiger charge is 2.22. The van der Waals surface area contributed by atoms with Crippen LogP contribution < -0.4 is 5.32 Å². The Hall–Kier alpha value is -1.72. The Morgan fingerprint density at radius 1 is 1.21 bits per heavy atom. The average Bonchev–Trinajstić information content (AvgIpc) is 2.96. The minimum atomic E-state index is -0.142. The van der Waals surface area contributed by atoms with Gasteiger partial charge in [-0.05, 0) is 51.0 Å². The van der Waals surface area contributed by atoms with Crippen LogP contribution in [0.15, 0.2) is 47.2 Å². The van der Waals surface area contributed by atoms with Gasteiger partial charge in [-0.25, -0.2) is 9.67 Å². The second-order valence-electron chi connectivity index (χ2n) is 6.90. The number of benzene rings is 1. The first kappa shape index (κ1) is 17.1. The Morgan fingerprint density at radius 3 is 2.67 bits per heavy atom. The summed E-state index contributed by atoms with van der Waals surface area (Å²) in [6, 6.07) is 10.8. The van der Waals surface area contributed by atoms with E-state index in [4.69, 9.17) is 0 Å². The summed E-state index contributed by atoms with van der Waals surface area (Å²) in [6.45, 7) is 9.36. The molecule has 0 spiro atoms. The van der Waals surface area contributed by atoms with E-state index in [-0.39, 0.29) is 5.54 Å². The van der Waals surface area contributed by atoms with Gasteiger partial charge in [0.2, 0.25) is 0 Å². The van der Waals surface area contributed by atoms with Crippen molar-refractivity contribution in [1.82, 2.24) is 20.1 Å². The number of pyridine rings is 1. The maximum atomic E-state index is 4.60.